The quantitative estimate of drug-likeness (QED) is 0.877. The summed E-state index contributed by atoms with van der Waals surface area (Å²) >= 11 is 5.85. The van der Waals surface area contributed by atoms with Crippen molar-refractivity contribution < 1.29 is 14.2 Å². The van der Waals surface area contributed by atoms with Gasteiger partial charge in [0, 0.05) is 11.6 Å². The molecule has 1 N–H and O–H groups in total. The van der Waals surface area contributed by atoms with Gasteiger partial charge in [-0.05, 0) is 48.1 Å². The van der Waals surface area contributed by atoms with Crippen molar-refractivity contribution in [2.75, 3.05) is 13.7 Å². The molecule has 0 bridgehead atoms. The summed E-state index contributed by atoms with van der Waals surface area (Å²) in [6, 6.07) is 12.6. The third kappa shape index (κ3) is 4.19. The van der Waals surface area contributed by atoms with Crippen LogP contribution >= 0.6 is 11.6 Å². The lowest BCUT2D eigenvalue weighted by atomic mass is 9.93. The number of aliphatic hydroxyl groups is 1. The van der Waals surface area contributed by atoms with Gasteiger partial charge in [0.2, 0.25) is 0 Å². The van der Waals surface area contributed by atoms with Crippen molar-refractivity contribution in [3.05, 3.63) is 64.4 Å². The molecule has 0 spiro atoms. The Kier molecular flexibility index (Phi) is 5.59. The minimum atomic E-state index is -0.352. The molecule has 21 heavy (non-hydrogen) atoms. The SMILES string of the molecule is COc1cccc(CC(CO)Cc2ccc(Cl)cc2)c1F. The maximum absolute atomic E-state index is 14.1. The van der Waals surface area contributed by atoms with Gasteiger partial charge in [0.15, 0.2) is 11.6 Å². The van der Waals surface area contributed by atoms with Crippen LogP contribution in [0.1, 0.15) is 11.1 Å². The highest BCUT2D eigenvalue weighted by Crippen LogP contribution is 2.24. The molecular formula is C17H18ClFO2. The molecule has 2 aromatic rings. The standard InChI is InChI=1S/C17H18ClFO2/c1-21-16-4-2-3-14(17(16)19)10-13(11-20)9-12-5-7-15(18)8-6-12/h2-8,13,20H,9-11H2,1H3. The van der Waals surface area contributed by atoms with Gasteiger partial charge in [-0.2, -0.15) is 0 Å². The first-order valence-corrected chi connectivity index (χ1v) is 7.18. The van der Waals surface area contributed by atoms with Crippen LogP contribution < -0.4 is 4.74 Å². The molecule has 0 heterocycles. The van der Waals surface area contributed by atoms with Crippen molar-refractivity contribution in [2.24, 2.45) is 5.92 Å². The van der Waals surface area contributed by atoms with Crippen molar-refractivity contribution in [1.29, 1.82) is 0 Å². The highest BCUT2D eigenvalue weighted by atomic mass is 35.5. The number of hydrogen-bond donors (Lipinski definition) is 1. The van der Waals surface area contributed by atoms with Gasteiger partial charge >= 0.3 is 0 Å². The summed E-state index contributed by atoms with van der Waals surface area (Å²) in [4.78, 5) is 0. The molecule has 0 aliphatic rings. The van der Waals surface area contributed by atoms with E-state index in [9.17, 15) is 9.50 Å². The Hall–Kier alpha value is -1.58. The van der Waals surface area contributed by atoms with Crippen LogP contribution in [0.5, 0.6) is 5.75 Å². The van der Waals surface area contributed by atoms with Crippen LogP contribution in [0.2, 0.25) is 5.02 Å². The molecule has 0 saturated heterocycles. The minimum absolute atomic E-state index is 0.000718. The lowest BCUT2D eigenvalue weighted by molar-refractivity contribution is 0.223. The van der Waals surface area contributed by atoms with E-state index in [0.717, 1.165) is 5.56 Å². The molecule has 0 saturated carbocycles. The smallest absolute Gasteiger partial charge is 0.168 e. The molecule has 0 aromatic heterocycles. The zero-order chi connectivity index (χ0) is 15.2. The van der Waals surface area contributed by atoms with Crippen molar-refractivity contribution in [1.82, 2.24) is 0 Å². The second kappa shape index (κ2) is 7.43. The van der Waals surface area contributed by atoms with Crippen LogP contribution in [-0.2, 0) is 12.8 Å². The molecule has 0 amide bonds. The maximum Gasteiger partial charge on any atom is 0.168 e. The number of rotatable bonds is 6. The summed E-state index contributed by atoms with van der Waals surface area (Å²) in [6.07, 6.45) is 1.13. The largest absolute Gasteiger partial charge is 0.494 e. The van der Waals surface area contributed by atoms with E-state index >= 15 is 0 Å². The molecule has 1 atom stereocenters. The minimum Gasteiger partial charge on any atom is -0.494 e. The number of ether oxygens (including phenoxy) is 1. The molecule has 2 nitrogen and oxygen atoms in total. The van der Waals surface area contributed by atoms with Crippen molar-refractivity contribution >= 4 is 11.6 Å². The van der Waals surface area contributed by atoms with Gasteiger partial charge in [0.05, 0.1) is 7.11 Å². The molecule has 2 rings (SSSR count). The van der Waals surface area contributed by atoms with E-state index in [1.165, 1.54) is 7.11 Å². The zero-order valence-electron chi connectivity index (χ0n) is 11.9. The summed E-state index contributed by atoms with van der Waals surface area (Å²) < 4.78 is 19.1. The van der Waals surface area contributed by atoms with Crippen LogP contribution in [0.15, 0.2) is 42.5 Å². The summed E-state index contributed by atoms with van der Waals surface area (Å²) in [5.41, 5.74) is 1.63. The first-order valence-electron chi connectivity index (χ1n) is 6.80. The first-order chi connectivity index (χ1) is 10.1. The molecule has 4 heteroatoms. The van der Waals surface area contributed by atoms with Gasteiger partial charge in [-0.25, -0.2) is 4.39 Å². The maximum atomic E-state index is 14.1. The average Bonchev–Trinajstić information content (AvgIpc) is 2.50. The van der Waals surface area contributed by atoms with E-state index in [2.05, 4.69) is 0 Å². The van der Waals surface area contributed by atoms with Crippen LogP contribution in [-0.4, -0.2) is 18.8 Å². The molecule has 112 valence electrons. The number of benzene rings is 2. The number of methoxy groups -OCH3 is 1. The highest BCUT2D eigenvalue weighted by molar-refractivity contribution is 6.30. The molecule has 0 aliphatic heterocycles. The van der Waals surface area contributed by atoms with Gasteiger partial charge in [0.25, 0.3) is 0 Å². The third-order valence-corrected chi connectivity index (χ3v) is 3.72. The van der Waals surface area contributed by atoms with E-state index in [1.54, 1.807) is 18.2 Å². The molecule has 0 radical (unpaired) electrons. The van der Waals surface area contributed by atoms with E-state index in [1.807, 2.05) is 24.3 Å². The fraction of sp³-hybridized carbons (Fsp3) is 0.294. The Morgan fingerprint density at radius 2 is 1.86 bits per heavy atom. The van der Waals surface area contributed by atoms with Crippen molar-refractivity contribution in [2.45, 2.75) is 12.8 Å². The van der Waals surface area contributed by atoms with Gasteiger partial charge in [-0.15, -0.1) is 0 Å². The lowest BCUT2D eigenvalue weighted by Crippen LogP contribution is -2.14. The Balaban J connectivity index is 2.10. The fourth-order valence-corrected chi connectivity index (χ4v) is 2.46. The third-order valence-electron chi connectivity index (χ3n) is 3.47. The van der Waals surface area contributed by atoms with Gasteiger partial charge in [-0.1, -0.05) is 35.9 Å². The second-order valence-electron chi connectivity index (χ2n) is 5.02. The van der Waals surface area contributed by atoms with Crippen LogP contribution in [0.4, 0.5) is 4.39 Å². The van der Waals surface area contributed by atoms with Gasteiger partial charge < -0.3 is 9.84 Å². The number of hydrogen-bond acceptors (Lipinski definition) is 2. The van der Waals surface area contributed by atoms with Crippen LogP contribution in [0.25, 0.3) is 0 Å². The molecule has 2 aromatic carbocycles. The monoisotopic (exact) mass is 308 g/mol. The topological polar surface area (TPSA) is 29.5 Å². The summed E-state index contributed by atoms with van der Waals surface area (Å²) in [5.74, 6) is -0.168. The van der Waals surface area contributed by atoms with E-state index in [4.69, 9.17) is 16.3 Å². The summed E-state index contributed by atoms with van der Waals surface area (Å²) in [7, 11) is 1.44. The van der Waals surface area contributed by atoms with E-state index < -0.39 is 0 Å². The summed E-state index contributed by atoms with van der Waals surface area (Å²) in [5, 5.41) is 10.2. The fourth-order valence-electron chi connectivity index (χ4n) is 2.34. The molecule has 1 unspecified atom stereocenters. The second-order valence-corrected chi connectivity index (χ2v) is 5.45. The zero-order valence-corrected chi connectivity index (χ0v) is 12.6. The Morgan fingerprint density at radius 3 is 2.48 bits per heavy atom. The van der Waals surface area contributed by atoms with E-state index in [-0.39, 0.29) is 24.1 Å². The Labute approximate surface area is 129 Å². The van der Waals surface area contributed by atoms with Crippen LogP contribution in [0, 0.1) is 11.7 Å². The normalized spacial score (nSPS) is 12.2. The molecular weight excluding hydrogens is 291 g/mol. The van der Waals surface area contributed by atoms with Gasteiger partial charge in [-0.3, -0.25) is 0 Å². The Bertz CT molecular complexity index is 584. The predicted molar refractivity (Wildman–Crippen MR) is 82.4 cm³/mol. The molecule has 0 fully saturated rings. The number of halogens is 2. The highest BCUT2D eigenvalue weighted by Gasteiger charge is 2.15. The van der Waals surface area contributed by atoms with E-state index in [0.29, 0.717) is 23.4 Å². The van der Waals surface area contributed by atoms with Crippen LogP contribution in [0.3, 0.4) is 0 Å². The Morgan fingerprint density at radius 1 is 1.14 bits per heavy atom. The van der Waals surface area contributed by atoms with Crippen molar-refractivity contribution in [3.8, 4) is 5.75 Å². The predicted octanol–water partition coefficient (Wildman–Crippen LogP) is 3.88. The number of aliphatic hydroxyl groups excluding tert-OH is 1. The van der Waals surface area contributed by atoms with Crippen molar-refractivity contribution in [3.63, 3.8) is 0 Å². The average molecular weight is 309 g/mol. The summed E-state index contributed by atoms with van der Waals surface area (Å²) in [6.45, 7) is -0.000718. The first kappa shape index (κ1) is 15.8. The lowest BCUT2D eigenvalue weighted by Gasteiger charge is -2.16. The van der Waals surface area contributed by atoms with Gasteiger partial charge in [0.1, 0.15) is 0 Å². The molecule has 0 aliphatic carbocycles.